The maximum atomic E-state index is 13.1. The number of amides is 2. The van der Waals surface area contributed by atoms with Crippen molar-refractivity contribution in [3.63, 3.8) is 0 Å². The molecule has 1 unspecified atom stereocenters. The van der Waals surface area contributed by atoms with Crippen LogP contribution in [0, 0.1) is 5.82 Å². The molecule has 0 saturated carbocycles. The Balaban J connectivity index is 1.25. The van der Waals surface area contributed by atoms with E-state index in [9.17, 15) is 14.0 Å². The molecular formula is C22H23FN2O3. The van der Waals surface area contributed by atoms with Crippen molar-refractivity contribution in [1.82, 2.24) is 9.80 Å². The molecule has 146 valence electrons. The molecule has 0 aromatic heterocycles. The van der Waals surface area contributed by atoms with Crippen molar-refractivity contribution in [1.29, 1.82) is 0 Å². The minimum absolute atomic E-state index is 0.0504. The van der Waals surface area contributed by atoms with Gasteiger partial charge >= 0.3 is 0 Å². The minimum Gasteiger partial charge on any atom is -0.371 e. The Hall–Kier alpha value is -2.57. The molecule has 2 amide bonds. The fraction of sp³-hybridized carbons (Fsp3) is 0.364. The highest BCUT2D eigenvalue weighted by atomic mass is 19.1. The van der Waals surface area contributed by atoms with Gasteiger partial charge < -0.3 is 4.74 Å². The van der Waals surface area contributed by atoms with Crippen LogP contribution in [0.15, 0.2) is 48.5 Å². The van der Waals surface area contributed by atoms with Gasteiger partial charge in [-0.1, -0.05) is 24.3 Å². The van der Waals surface area contributed by atoms with E-state index in [-0.39, 0.29) is 23.7 Å². The summed E-state index contributed by atoms with van der Waals surface area (Å²) in [5.74, 6) is -0.628. The molecule has 2 aliphatic rings. The van der Waals surface area contributed by atoms with Gasteiger partial charge in [0.1, 0.15) is 5.82 Å². The van der Waals surface area contributed by atoms with Gasteiger partial charge in [0.15, 0.2) is 0 Å². The second-order valence-corrected chi connectivity index (χ2v) is 7.23. The highest BCUT2D eigenvalue weighted by molar-refractivity contribution is 6.21. The molecule has 2 aliphatic heterocycles. The number of nitrogens with zero attached hydrogens (tertiary/aromatic N) is 2. The Morgan fingerprint density at radius 2 is 1.57 bits per heavy atom. The van der Waals surface area contributed by atoms with Gasteiger partial charge in [0.05, 0.1) is 23.8 Å². The Morgan fingerprint density at radius 1 is 0.929 bits per heavy atom. The number of rotatable bonds is 6. The van der Waals surface area contributed by atoms with Crippen molar-refractivity contribution >= 4 is 11.8 Å². The van der Waals surface area contributed by atoms with E-state index in [4.69, 9.17) is 4.74 Å². The summed E-state index contributed by atoms with van der Waals surface area (Å²) in [5, 5.41) is 0. The fourth-order valence-electron chi connectivity index (χ4n) is 3.83. The summed E-state index contributed by atoms with van der Waals surface area (Å²) in [4.78, 5) is 28.4. The van der Waals surface area contributed by atoms with Crippen LogP contribution < -0.4 is 0 Å². The van der Waals surface area contributed by atoms with Crippen molar-refractivity contribution in [3.8, 4) is 0 Å². The Kier molecular flexibility index (Phi) is 5.50. The van der Waals surface area contributed by atoms with E-state index in [1.807, 2.05) is 0 Å². The smallest absolute Gasteiger partial charge is 0.261 e. The molecule has 0 N–H and O–H groups in total. The number of carbonyl (C=O) groups is 2. The number of halogens is 1. The van der Waals surface area contributed by atoms with Crippen LogP contribution in [0.2, 0.25) is 0 Å². The van der Waals surface area contributed by atoms with Gasteiger partial charge in [0.2, 0.25) is 0 Å². The highest BCUT2D eigenvalue weighted by Crippen LogP contribution is 2.24. The standard InChI is InChI=1S/C22H23FN2O3/c23-17-9-7-16(8-10-17)20-15-24(13-14-28-20)11-3-4-12-25-21(26)18-5-1-2-6-19(18)22(25)27/h1-2,5-10,20H,3-4,11-15H2. The first-order valence-corrected chi connectivity index (χ1v) is 9.68. The monoisotopic (exact) mass is 382 g/mol. The third kappa shape index (κ3) is 3.84. The van der Waals surface area contributed by atoms with Gasteiger partial charge in [-0.05, 0) is 49.2 Å². The molecule has 4 rings (SSSR count). The van der Waals surface area contributed by atoms with Crippen LogP contribution in [0.1, 0.15) is 45.2 Å². The van der Waals surface area contributed by atoms with Crippen LogP contribution in [-0.2, 0) is 4.74 Å². The molecule has 0 spiro atoms. The fourth-order valence-corrected chi connectivity index (χ4v) is 3.83. The third-order valence-electron chi connectivity index (χ3n) is 5.38. The predicted molar refractivity (Wildman–Crippen MR) is 103 cm³/mol. The zero-order valence-electron chi connectivity index (χ0n) is 15.6. The van der Waals surface area contributed by atoms with E-state index < -0.39 is 0 Å². The molecule has 2 heterocycles. The van der Waals surface area contributed by atoms with Crippen LogP contribution >= 0.6 is 0 Å². The molecule has 0 radical (unpaired) electrons. The Labute approximate surface area is 163 Å². The van der Waals surface area contributed by atoms with E-state index in [1.165, 1.54) is 17.0 Å². The lowest BCUT2D eigenvalue weighted by atomic mass is 10.1. The number of fused-ring (bicyclic) bond motifs is 1. The lowest BCUT2D eigenvalue weighted by Crippen LogP contribution is -2.39. The average molecular weight is 382 g/mol. The molecule has 0 aliphatic carbocycles. The summed E-state index contributed by atoms with van der Waals surface area (Å²) in [6.45, 7) is 3.58. The molecule has 0 bridgehead atoms. The number of hydrogen-bond donors (Lipinski definition) is 0. The molecule has 2 aromatic carbocycles. The van der Waals surface area contributed by atoms with E-state index in [0.29, 0.717) is 24.3 Å². The maximum Gasteiger partial charge on any atom is 0.261 e. The number of imide groups is 1. The van der Waals surface area contributed by atoms with E-state index in [1.54, 1.807) is 36.4 Å². The van der Waals surface area contributed by atoms with Crippen molar-refractivity contribution in [2.45, 2.75) is 18.9 Å². The first-order chi connectivity index (χ1) is 13.6. The molecule has 5 nitrogen and oxygen atoms in total. The van der Waals surface area contributed by atoms with E-state index in [2.05, 4.69) is 4.90 Å². The average Bonchev–Trinajstić information content (AvgIpc) is 2.97. The highest BCUT2D eigenvalue weighted by Gasteiger charge is 2.34. The summed E-state index contributed by atoms with van der Waals surface area (Å²) in [6, 6.07) is 13.4. The van der Waals surface area contributed by atoms with Gasteiger partial charge in [-0.3, -0.25) is 19.4 Å². The van der Waals surface area contributed by atoms with Gasteiger partial charge in [-0.25, -0.2) is 4.39 Å². The minimum atomic E-state index is -0.246. The van der Waals surface area contributed by atoms with Crippen molar-refractivity contribution in [2.24, 2.45) is 0 Å². The number of ether oxygens (including phenoxy) is 1. The maximum absolute atomic E-state index is 13.1. The summed E-state index contributed by atoms with van der Waals surface area (Å²) in [5.41, 5.74) is 1.99. The number of benzene rings is 2. The summed E-state index contributed by atoms with van der Waals surface area (Å²) >= 11 is 0. The predicted octanol–water partition coefficient (Wildman–Crippen LogP) is 3.28. The zero-order valence-corrected chi connectivity index (χ0v) is 15.6. The van der Waals surface area contributed by atoms with E-state index in [0.717, 1.165) is 38.0 Å². The van der Waals surface area contributed by atoms with Crippen LogP contribution in [0.5, 0.6) is 0 Å². The number of unbranched alkanes of at least 4 members (excludes halogenated alkanes) is 1. The second kappa shape index (κ2) is 8.20. The third-order valence-corrected chi connectivity index (χ3v) is 5.38. The molecule has 28 heavy (non-hydrogen) atoms. The van der Waals surface area contributed by atoms with Crippen LogP contribution in [0.25, 0.3) is 0 Å². The number of carbonyl (C=O) groups excluding carboxylic acids is 2. The van der Waals surface area contributed by atoms with Crippen LogP contribution in [-0.4, -0.2) is 54.4 Å². The summed E-state index contributed by atoms with van der Waals surface area (Å²) < 4.78 is 18.9. The summed E-state index contributed by atoms with van der Waals surface area (Å²) in [6.07, 6.45) is 1.61. The molecule has 1 atom stereocenters. The Morgan fingerprint density at radius 3 is 2.25 bits per heavy atom. The topological polar surface area (TPSA) is 49.9 Å². The summed E-state index contributed by atoms with van der Waals surface area (Å²) in [7, 11) is 0. The van der Waals surface area contributed by atoms with Gasteiger partial charge in [-0.15, -0.1) is 0 Å². The van der Waals surface area contributed by atoms with Crippen LogP contribution in [0.3, 0.4) is 0 Å². The number of hydrogen-bond acceptors (Lipinski definition) is 4. The zero-order chi connectivity index (χ0) is 19.5. The second-order valence-electron chi connectivity index (χ2n) is 7.23. The Bertz CT molecular complexity index is 833. The SMILES string of the molecule is O=C1c2ccccc2C(=O)N1CCCCN1CCOC(c2ccc(F)cc2)C1. The largest absolute Gasteiger partial charge is 0.371 e. The molecule has 1 fully saturated rings. The van der Waals surface area contributed by atoms with Gasteiger partial charge in [0.25, 0.3) is 11.8 Å². The van der Waals surface area contributed by atoms with Gasteiger partial charge in [0, 0.05) is 19.6 Å². The van der Waals surface area contributed by atoms with Crippen LogP contribution in [0.4, 0.5) is 4.39 Å². The molecule has 6 heteroatoms. The van der Waals surface area contributed by atoms with Crippen molar-refractivity contribution in [3.05, 3.63) is 71.0 Å². The molecule has 1 saturated heterocycles. The lowest BCUT2D eigenvalue weighted by molar-refractivity contribution is -0.0304. The van der Waals surface area contributed by atoms with Gasteiger partial charge in [-0.2, -0.15) is 0 Å². The molecular weight excluding hydrogens is 359 g/mol. The van der Waals surface area contributed by atoms with Crippen molar-refractivity contribution < 1.29 is 18.7 Å². The normalized spacial score (nSPS) is 19.9. The first kappa shape index (κ1) is 18.8. The quantitative estimate of drug-likeness (QED) is 0.568. The lowest BCUT2D eigenvalue weighted by Gasteiger charge is -2.33. The molecule has 2 aromatic rings. The first-order valence-electron chi connectivity index (χ1n) is 9.68. The van der Waals surface area contributed by atoms with Crippen molar-refractivity contribution in [2.75, 3.05) is 32.8 Å². The number of morpholine rings is 1. The van der Waals surface area contributed by atoms with E-state index >= 15 is 0 Å².